The Morgan fingerprint density at radius 1 is 0.966 bits per heavy atom. The van der Waals surface area contributed by atoms with E-state index in [-0.39, 0.29) is 21.9 Å². The topological polar surface area (TPSA) is 75.3 Å². The second-order valence-electron chi connectivity index (χ2n) is 7.71. The summed E-state index contributed by atoms with van der Waals surface area (Å²) in [6.07, 6.45) is 6.51. The van der Waals surface area contributed by atoms with Crippen LogP contribution in [0, 0.1) is 13.8 Å². The van der Waals surface area contributed by atoms with Crippen LogP contribution in [0.2, 0.25) is 5.02 Å². The van der Waals surface area contributed by atoms with E-state index < -0.39 is 10.0 Å². The maximum Gasteiger partial charge on any atom is 0.263 e. The summed E-state index contributed by atoms with van der Waals surface area (Å²) in [5, 5.41) is 3.12. The zero-order valence-electron chi connectivity index (χ0n) is 16.8. The molecular weight excluding hydrogens is 408 g/mol. The Balaban J connectivity index is 1.81. The fraction of sp³-hybridized carbons (Fsp3) is 0.409. The van der Waals surface area contributed by atoms with E-state index in [1.54, 1.807) is 18.2 Å². The number of anilines is 1. The van der Waals surface area contributed by atoms with Crippen LogP contribution in [0.25, 0.3) is 0 Å². The third-order valence-corrected chi connectivity index (χ3v) is 7.30. The molecule has 3 rings (SSSR count). The van der Waals surface area contributed by atoms with Gasteiger partial charge < -0.3 is 5.32 Å². The van der Waals surface area contributed by atoms with Gasteiger partial charge in [-0.3, -0.25) is 9.52 Å². The number of sulfonamides is 1. The van der Waals surface area contributed by atoms with Crippen LogP contribution < -0.4 is 10.0 Å². The zero-order valence-corrected chi connectivity index (χ0v) is 18.4. The molecule has 0 spiro atoms. The second kappa shape index (κ2) is 9.18. The van der Waals surface area contributed by atoms with Crippen molar-refractivity contribution in [2.24, 2.45) is 0 Å². The van der Waals surface area contributed by atoms with Crippen molar-refractivity contribution >= 4 is 33.2 Å². The first-order chi connectivity index (χ1) is 13.8. The minimum absolute atomic E-state index is 0.0763. The highest BCUT2D eigenvalue weighted by molar-refractivity contribution is 7.92. The van der Waals surface area contributed by atoms with Crippen LogP contribution in [-0.4, -0.2) is 20.4 Å². The fourth-order valence-corrected chi connectivity index (χ4v) is 5.13. The molecule has 2 N–H and O–H groups in total. The number of aryl methyl sites for hydroxylation is 2. The molecule has 2 aromatic carbocycles. The van der Waals surface area contributed by atoms with E-state index in [4.69, 9.17) is 11.6 Å². The lowest BCUT2D eigenvalue weighted by atomic mass is 10.1. The molecule has 5 nitrogen and oxygen atoms in total. The van der Waals surface area contributed by atoms with Crippen LogP contribution in [0.3, 0.4) is 0 Å². The molecule has 2 aromatic rings. The van der Waals surface area contributed by atoms with Gasteiger partial charge in [-0.1, -0.05) is 43.4 Å². The number of hydrogen-bond acceptors (Lipinski definition) is 3. The Labute approximate surface area is 177 Å². The summed E-state index contributed by atoms with van der Waals surface area (Å²) in [4.78, 5) is 12.6. The largest absolute Gasteiger partial charge is 0.349 e. The van der Waals surface area contributed by atoms with Crippen LogP contribution in [0.5, 0.6) is 0 Å². The zero-order chi connectivity index (χ0) is 21.0. The van der Waals surface area contributed by atoms with E-state index in [0.717, 1.165) is 36.8 Å². The van der Waals surface area contributed by atoms with Crippen LogP contribution in [-0.2, 0) is 10.0 Å². The van der Waals surface area contributed by atoms with Gasteiger partial charge in [-0.15, -0.1) is 0 Å². The van der Waals surface area contributed by atoms with Gasteiger partial charge in [0.2, 0.25) is 0 Å². The van der Waals surface area contributed by atoms with Gasteiger partial charge in [0, 0.05) is 17.3 Å². The molecule has 0 aliphatic heterocycles. The molecule has 0 atom stereocenters. The van der Waals surface area contributed by atoms with Gasteiger partial charge in [0.25, 0.3) is 15.9 Å². The molecule has 1 aliphatic carbocycles. The molecule has 0 saturated heterocycles. The van der Waals surface area contributed by atoms with Crippen molar-refractivity contribution in [2.45, 2.75) is 63.3 Å². The average molecular weight is 435 g/mol. The molecule has 1 aliphatic rings. The molecule has 0 bridgehead atoms. The lowest BCUT2D eigenvalue weighted by Gasteiger charge is -2.17. The van der Waals surface area contributed by atoms with Gasteiger partial charge >= 0.3 is 0 Å². The molecule has 0 aromatic heterocycles. The Morgan fingerprint density at radius 3 is 2.31 bits per heavy atom. The summed E-state index contributed by atoms with van der Waals surface area (Å²) in [5.41, 5.74) is 2.80. The fourth-order valence-electron chi connectivity index (χ4n) is 3.56. The third-order valence-electron chi connectivity index (χ3n) is 5.43. The first-order valence-electron chi connectivity index (χ1n) is 9.97. The number of benzene rings is 2. The van der Waals surface area contributed by atoms with Gasteiger partial charge in [0.1, 0.15) is 4.90 Å². The molecule has 29 heavy (non-hydrogen) atoms. The summed E-state index contributed by atoms with van der Waals surface area (Å²) in [5.74, 6) is -0.267. The van der Waals surface area contributed by atoms with Gasteiger partial charge in [-0.2, -0.15) is 0 Å². The van der Waals surface area contributed by atoms with Crippen molar-refractivity contribution in [3.8, 4) is 0 Å². The number of hydrogen-bond donors (Lipinski definition) is 2. The van der Waals surface area contributed by atoms with E-state index in [0.29, 0.717) is 11.3 Å². The SMILES string of the molecule is Cc1ccc(NS(=O)(=O)c2cc(C(=O)NC3CCCCCC3)ccc2Cl)cc1C. The molecule has 1 fully saturated rings. The van der Waals surface area contributed by atoms with E-state index >= 15 is 0 Å². The van der Waals surface area contributed by atoms with Crippen molar-refractivity contribution in [1.29, 1.82) is 0 Å². The molecule has 0 radical (unpaired) electrons. The highest BCUT2D eigenvalue weighted by Gasteiger charge is 2.22. The number of amides is 1. The van der Waals surface area contributed by atoms with Crippen molar-refractivity contribution in [2.75, 3.05) is 4.72 Å². The number of carbonyl (C=O) groups excluding carboxylic acids is 1. The second-order valence-corrected chi connectivity index (χ2v) is 9.77. The molecule has 1 saturated carbocycles. The quantitative estimate of drug-likeness (QED) is 0.634. The maximum absolute atomic E-state index is 12.9. The van der Waals surface area contributed by atoms with Crippen LogP contribution in [0.1, 0.15) is 60.0 Å². The van der Waals surface area contributed by atoms with Crippen LogP contribution >= 0.6 is 11.6 Å². The molecule has 7 heteroatoms. The van der Waals surface area contributed by atoms with E-state index in [1.807, 2.05) is 19.9 Å². The van der Waals surface area contributed by atoms with Gasteiger partial charge in [0.05, 0.1) is 5.02 Å². The first kappa shape index (κ1) is 21.7. The van der Waals surface area contributed by atoms with Gasteiger partial charge in [-0.05, 0) is 68.1 Å². The highest BCUT2D eigenvalue weighted by Crippen LogP contribution is 2.26. The van der Waals surface area contributed by atoms with Gasteiger partial charge in [0.15, 0.2) is 0 Å². The normalized spacial score (nSPS) is 15.6. The average Bonchev–Trinajstić information content (AvgIpc) is 2.93. The third kappa shape index (κ3) is 5.52. The Hall–Kier alpha value is -2.05. The summed E-state index contributed by atoms with van der Waals surface area (Å²) >= 11 is 6.17. The molecule has 1 amide bonds. The van der Waals surface area contributed by atoms with Crippen molar-refractivity contribution in [1.82, 2.24) is 5.32 Å². The van der Waals surface area contributed by atoms with Crippen molar-refractivity contribution < 1.29 is 13.2 Å². The van der Waals surface area contributed by atoms with Crippen LogP contribution in [0.4, 0.5) is 5.69 Å². The molecule has 0 unspecified atom stereocenters. The predicted molar refractivity (Wildman–Crippen MR) is 117 cm³/mol. The lowest BCUT2D eigenvalue weighted by molar-refractivity contribution is 0.0933. The van der Waals surface area contributed by atoms with E-state index in [1.165, 1.54) is 25.0 Å². The summed E-state index contributed by atoms with van der Waals surface area (Å²) in [6, 6.07) is 9.82. The Kier molecular flexibility index (Phi) is 6.85. The van der Waals surface area contributed by atoms with Gasteiger partial charge in [-0.25, -0.2) is 8.42 Å². The molecule has 156 valence electrons. The predicted octanol–water partition coefficient (Wildman–Crippen LogP) is 5.21. The summed E-state index contributed by atoms with van der Waals surface area (Å²) < 4.78 is 28.4. The lowest BCUT2D eigenvalue weighted by Crippen LogP contribution is -2.34. The number of carbonyl (C=O) groups is 1. The summed E-state index contributed by atoms with van der Waals surface area (Å²) in [6.45, 7) is 3.87. The molecular formula is C22H27ClN2O3S. The van der Waals surface area contributed by atoms with E-state index in [2.05, 4.69) is 10.0 Å². The number of halogens is 1. The standard InChI is InChI=1S/C22H27ClN2O3S/c1-15-9-11-19(13-16(15)2)25-29(27,28)21-14-17(10-12-20(21)23)22(26)24-18-7-5-3-4-6-8-18/h9-14,18,25H,3-8H2,1-2H3,(H,24,26). The summed E-state index contributed by atoms with van der Waals surface area (Å²) in [7, 11) is -3.93. The Morgan fingerprint density at radius 2 is 1.66 bits per heavy atom. The van der Waals surface area contributed by atoms with Crippen molar-refractivity contribution in [3.63, 3.8) is 0 Å². The highest BCUT2D eigenvalue weighted by atomic mass is 35.5. The monoisotopic (exact) mass is 434 g/mol. The minimum atomic E-state index is -3.93. The molecule has 0 heterocycles. The van der Waals surface area contributed by atoms with Crippen molar-refractivity contribution in [3.05, 3.63) is 58.1 Å². The number of rotatable bonds is 5. The number of nitrogens with one attached hydrogen (secondary N) is 2. The Bertz CT molecular complexity index is 997. The van der Waals surface area contributed by atoms with Crippen LogP contribution in [0.15, 0.2) is 41.3 Å². The smallest absolute Gasteiger partial charge is 0.263 e. The minimum Gasteiger partial charge on any atom is -0.349 e. The van der Waals surface area contributed by atoms with E-state index in [9.17, 15) is 13.2 Å². The first-order valence-corrected chi connectivity index (χ1v) is 11.8. The maximum atomic E-state index is 12.9.